The topological polar surface area (TPSA) is 69.2 Å². The summed E-state index contributed by atoms with van der Waals surface area (Å²) in [6, 6.07) is 4.49. The van der Waals surface area contributed by atoms with Crippen LogP contribution in [0.5, 0.6) is 0 Å². The summed E-state index contributed by atoms with van der Waals surface area (Å²) in [5, 5.41) is 0.956. The van der Waals surface area contributed by atoms with E-state index in [4.69, 9.17) is 27.9 Å². The quantitative estimate of drug-likeness (QED) is 0.344. The molecule has 0 saturated carbocycles. The van der Waals surface area contributed by atoms with Gasteiger partial charge in [-0.05, 0) is 31.4 Å². The Bertz CT molecular complexity index is 768. The lowest BCUT2D eigenvalue weighted by Crippen LogP contribution is -2.16. The van der Waals surface area contributed by atoms with Crippen LogP contribution < -0.4 is 0 Å². The number of nitrogens with zero attached hydrogens (tertiary/aromatic N) is 2. The van der Waals surface area contributed by atoms with Crippen molar-refractivity contribution in [2.24, 2.45) is 0 Å². The fraction of sp³-hybridized carbons (Fsp3) is 0.200. The molecule has 0 aliphatic carbocycles. The Morgan fingerprint density at radius 3 is 2.61 bits per heavy atom. The van der Waals surface area contributed by atoms with E-state index in [9.17, 15) is 9.59 Å². The van der Waals surface area contributed by atoms with Gasteiger partial charge in [0.2, 0.25) is 5.78 Å². The van der Waals surface area contributed by atoms with Crippen molar-refractivity contribution in [2.75, 3.05) is 12.9 Å². The molecule has 8 heteroatoms. The molecule has 120 valence electrons. The van der Waals surface area contributed by atoms with Crippen LogP contribution in [0.15, 0.2) is 29.6 Å². The first-order valence-corrected chi connectivity index (χ1v) is 8.53. The molecule has 23 heavy (non-hydrogen) atoms. The van der Waals surface area contributed by atoms with Gasteiger partial charge >= 0.3 is 5.97 Å². The molecule has 1 aromatic heterocycles. The highest BCUT2D eigenvalue weighted by Gasteiger charge is 2.24. The molecule has 1 heterocycles. The molecule has 0 spiro atoms. The van der Waals surface area contributed by atoms with Crippen molar-refractivity contribution in [2.45, 2.75) is 12.1 Å². The molecule has 0 aliphatic heterocycles. The molecule has 0 fully saturated rings. The number of ketones is 1. The number of esters is 1. The van der Waals surface area contributed by atoms with Crippen molar-refractivity contribution in [1.29, 1.82) is 0 Å². The molecular weight excluding hydrogens is 359 g/mol. The maximum Gasteiger partial charge on any atom is 0.342 e. The maximum atomic E-state index is 12.7. The monoisotopic (exact) mass is 370 g/mol. The average Bonchev–Trinajstić information content (AvgIpc) is 2.54. The zero-order valence-corrected chi connectivity index (χ0v) is 14.6. The minimum atomic E-state index is -0.659. The van der Waals surface area contributed by atoms with E-state index in [1.54, 1.807) is 19.2 Å². The van der Waals surface area contributed by atoms with Gasteiger partial charge in [-0.15, -0.1) is 0 Å². The normalized spacial score (nSPS) is 10.4. The lowest BCUT2D eigenvalue weighted by Gasteiger charge is -2.09. The molecule has 5 nitrogen and oxygen atoms in total. The first-order valence-electron chi connectivity index (χ1n) is 6.55. The lowest BCUT2D eigenvalue weighted by molar-refractivity contribution is 0.0522. The number of benzene rings is 1. The van der Waals surface area contributed by atoms with Crippen LogP contribution in [0.4, 0.5) is 0 Å². The summed E-state index contributed by atoms with van der Waals surface area (Å²) in [6.07, 6.45) is 3.05. The summed E-state index contributed by atoms with van der Waals surface area (Å²) >= 11 is 13.2. The van der Waals surface area contributed by atoms with Gasteiger partial charge < -0.3 is 4.74 Å². The summed E-state index contributed by atoms with van der Waals surface area (Å²) in [5.74, 6) is -1.15. The van der Waals surface area contributed by atoms with E-state index in [0.717, 1.165) is 0 Å². The largest absolute Gasteiger partial charge is 0.462 e. The average molecular weight is 371 g/mol. The van der Waals surface area contributed by atoms with Crippen LogP contribution in [0.25, 0.3) is 0 Å². The van der Waals surface area contributed by atoms with Crippen LogP contribution >= 0.6 is 35.0 Å². The third-order valence-corrected chi connectivity index (χ3v) is 3.95. The third kappa shape index (κ3) is 4.02. The minimum absolute atomic E-state index is 0.000617. The van der Waals surface area contributed by atoms with Crippen LogP contribution in [-0.4, -0.2) is 34.6 Å². The summed E-state index contributed by atoms with van der Waals surface area (Å²) in [4.78, 5) is 32.9. The van der Waals surface area contributed by atoms with Crippen molar-refractivity contribution in [3.05, 3.63) is 51.3 Å². The number of ether oxygens (including phenoxy) is 1. The zero-order valence-electron chi connectivity index (χ0n) is 12.3. The Morgan fingerprint density at radius 2 is 2.00 bits per heavy atom. The van der Waals surface area contributed by atoms with Crippen molar-refractivity contribution < 1.29 is 14.3 Å². The van der Waals surface area contributed by atoms with Crippen LogP contribution in [0, 0.1) is 0 Å². The molecule has 0 N–H and O–H groups in total. The van der Waals surface area contributed by atoms with Gasteiger partial charge in [0, 0.05) is 16.8 Å². The maximum absolute atomic E-state index is 12.7. The Morgan fingerprint density at radius 1 is 1.26 bits per heavy atom. The van der Waals surface area contributed by atoms with Crippen molar-refractivity contribution >= 4 is 46.7 Å². The molecule has 0 amide bonds. The second kappa shape index (κ2) is 7.77. The molecule has 1 aromatic carbocycles. The molecule has 2 aromatic rings. The van der Waals surface area contributed by atoms with E-state index in [2.05, 4.69) is 9.97 Å². The van der Waals surface area contributed by atoms with Crippen LogP contribution in [-0.2, 0) is 4.74 Å². The van der Waals surface area contributed by atoms with Gasteiger partial charge in [-0.3, -0.25) is 4.79 Å². The predicted molar refractivity (Wildman–Crippen MR) is 89.7 cm³/mol. The zero-order chi connectivity index (χ0) is 17.0. The van der Waals surface area contributed by atoms with Gasteiger partial charge in [0.05, 0.1) is 11.6 Å². The summed E-state index contributed by atoms with van der Waals surface area (Å²) < 4.78 is 4.95. The fourth-order valence-electron chi connectivity index (χ4n) is 1.80. The molecule has 0 saturated heterocycles. The number of rotatable bonds is 5. The van der Waals surface area contributed by atoms with E-state index >= 15 is 0 Å². The van der Waals surface area contributed by atoms with Gasteiger partial charge in [0.15, 0.2) is 5.16 Å². The van der Waals surface area contributed by atoms with E-state index in [1.807, 2.05) is 0 Å². The van der Waals surface area contributed by atoms with E-state index < -0.39 is 11.8 Å². The Hall–Kier alpha value is -1.63. The van der Waals surface area contributed by atoms with E-state index in [1.165, 1.54) is 30.1 Å². The highest BCUT2D eigenvalue weighted by atomic mass is 35.5. The van der Waals surface area contributed by atoms with Crippen molar-refractivity contribution in [3.63, 3.8) is 0 Å². The van der Waals surface area contributed by atoms with Gasteiger partial charge in [-0.2, -0.15) is 0 Å². The number of carbonyl (C=O) groups is 2. The van der Waals surface area contributed by atoms with Crippen LogP contribution in [0.3, 0.4) is 0 Å². The Labute approximate surface area is 147 Å². The van der Waals surface area contributed by atoms with Crippen LogP contribution in [0.2, 0.25) is 10.0 Å². The number of hydrogen-bond donors (Lipinski definition) is 0. The molecule has 0 aliphatic rings. The van der Waals surface area contributed by atoms with Gasteiger partial charge in [-0.1, -0.05) is 35.0 Å². The molecule has 0 atom stereocenters. The lowest BCUT2D eigenvalue weighted by atomic mass is 10.0. The Kier molecular flexibility index (Phi) is 5.98. The highest BCUT2D eigenvalue weighted by molar-refractivity contribution is 7.98. The molecule has 2 rings (SSSR count). The van der Waals surface area contributed by atoms with Gasteiger partial charge in [-0.25, -0.2) is 14.8 Å². The minimum Gasteiger partial charge on any atom is -0.462 e. The fourth-order valence-corrected chi connectivity index (χ4v) is 2.63. The molecule has 0 bridgehead atoms. The molecule has 0 unspecified atom stereocenters. The number of carbonyl (C=O) groups excluding carboxylic acids is 2. The van der Waals surface area contributed by atoms with Crippen molar-refractivity contribution in [3.8, 4) is 0 Å². The van der Waals surface area contributed by atoms with Crippen molar-refractivity contribution in [1.82, 2.24) is 9.97 Å². The number of thioether (sulfide) groups is 1. The second-order valence-electron chi connectivity index (χ2n) is 4.29. The van der Waals surface area contributed by atoms with Gasteiger partial charge in [0.25, 0.3) is 0 Å². The number of aromatic nitrogens is 2. The Balaban J connectivity index is 2.55. The van der Waals surface area contributed by atoms with Crippen LogP contribution in [0.1, 0.15) is 33.3 Å². The molecular formula is C15H12Cl2N2O3S. The summed E-state index contributed by atoms with van der Waals surface area (Å²) in [7, 11) is 0. The second-order valence-corrected chi connectivity index (χ2v) is 5.91. The first kappa shape index (κ1) is 17.7. The summed E-state index contributed by atoms with van der Waals surface area (Å²) in [6.45, 7) is 1.85. The SMILES string of the molecule is CCOC(=O)c1cnc(SC)nc1C(=O)c1ccc(Cl)cc1Cl. The van der Waals surface area contributed by atoms with E-state index in [-0.39, 0.29) is 28.5 Å². The first-order chi connectivity index (χ1) is 11.0. The van der Waals surface area contributed by atoms with E-state index in [0.29, 0.717) is 10.2 Å². The number of halogens is 2. The third-order valence-electron chi connectivity index (χ3n) is 2.84. The standard InChI is InChI=1S/C15H12Cl2N2O3S/c1-3-22-14(21)10-7-18-15(23-2)19-12(10)13(20)9-5-4-8(16)6-11(9)17/h4-7H,3H2,1-2H3. The predicted octanol–water partition coefficient (Wildman–Crippen LogP) is 3.91. The highest BCUT2D eigenvalue weighted by Crippen LogP contribution is 2.25. The smallest absolute Gasteiger partial charge is 0.342 e. The molecule has 0 radical (unpaired) electrons. The summed E-state index contributed by atoms with van der Waals surface area (Å²) in [5.41, 5.74) is 0.153. The van der Waals surface area contributed by atoms with Gasteiger partial charge in [0.1, 0.15) is 11.3 Å². The number of hydrogen-bond acceptors (Lipinski definition) is 6.